The third-order valence-electron chi connectivity index (χ3n) is 21.7. The van der Waals surface area contributed by atoms with E-state index in [2.05, 4.69) is 0 Å². The van der Waals surface area contributed by atoms with Gasteiger partial charge in [0.15, 0.2) is 74.6 Å². The highest BCUT2D eigenvalue weighted by Crippen LogP contribution is 2.44. The van der Waals surface area contributed by atoms with Gasteiger partial charge in [-0.15, -0.1) is 0 Å². The number of rotatable bonds is 41. The molecule has 46 nitrogen and oxygen atoms in total. The molecule has 0 bridgehead atoms. The highest BCUT2D eigenvalue weighted by molar-refractivity contribution is 6.21. The van der Waals surface area contributed by atoms with Crippen LogP contribution in [0.4, 0.5) is 0 Å². The molecule has 8 aliphatic rings. The highest BCUT2D eigenvalue weighted by atomic mass is 16.8. The number of benzene rings is 1. The molecule has 1 aromatic carbocycles. The number of nitrogens with zero attached hydrogens (tertiary/aromatic N) is 1. The molecule has 125 heavy (non-hydrogen) atoms. The van der Waals surface area contributed by atoms with E-state index < -0.39 is 294 Å². The Morgan fingerprint density at radius 3 is 0.776 bits per heavy atom. The molecule has 0 spiro atoms. The van der Waals surface area contributed by atoms with Crippen LogP contribution in [0.15, 0.2) is 24.3 Å². The summed E-state index contributed by atoms with van der Waals surface area (Å²) < 4.78 is 211. The zero-order valence-corrected chi connectivity index (χ0v) is 73.3. The lowest BCUT2D eigenvalue weighted by Gasteiger charge is -2.52. The van der Waals surface area contributed by atoms with Gasteiger partial charge < -0.3 is 166 Å². The Bertz CT molecular complexity index is 3660. The standard InChI is InChI=1S/C79H117NO45/c1-33(81)105-30-47-54(57(95-12)64(100-17)73(91)113-47)124-77-68(104-21)61(99-16)53(46(117-77)29-94-11)123-76-67(103-20)60(98-15)52(45(116-76)28-93-10)122-75-66(102-19)59(97-14)51(44(115-75)27-92-9)121-74-65(101-18)58(96-13)50(43(114-74)26-80-71(89)41-24-22-23-25-42(41)72(80)90)120-78-70(112-40(8)88)63(110-38(6)86)56(49(119-78)32-107-35(3)83)125-79-69(111-39(7)87)62(109-37(5)85)55(108-36(4)84)48(118-79)31-106-34(2)82/h22-25,43-70,73-79,91H,26-32H2,1-21H3/t43?,44?,45-,46-,47?,48?,49?,50+,51+,52-,53-,54+,55-,56-,57+,58+,59+,60?,61?,62?,63?,64?,65?,66?,67?,68?,69?,70?,73?,74+,75+,76-,77-,78-,79-/m1/s1. The quantitative estimate of drug-likeness (QED) is 0.0425. The summed E-state index contributed by atoms with van der Waals surface area (Å²) in [7, 11) is 17.8. The molecule has 8 heterocycles. The monoisotopic (exact) mass is 1800 g/mol. The van der Waals surface area contributed by atoms with Crippen LogP contribution in [0.1, 0.15) is 76.1 Å². The fraction of sp³-hybridized carbons (Fsp3) is 0.797. The molecule has 1 N–H and O–H groups in total. The molecular formula is C79H117NO45. The van der Waals surface area contributed by atoms with Gasteiger partial charge in [-0.05, 0) is 12.1 Å². The van der Waals surface area contributed by atoms with Crippen LogP contribution in [-0.4, -0.2) is 423 Å². The van der Waals surface area contributed by atoms with E-state index in [1.165, 1.54) is 111 Å². The number of amides is 2. The molecule has 0 saturated carbocycles. The Hall–Kier alpha value is -6.96. The van der Waals surface area contributed by atoms with Crippen molar-refractivity contribution in [3.63, 3.8) is 0 Å². The molecule has 708 valence electrons. The molecule has 2 amide bonds. The van der Waals surface area contributed by atoms with Gasteiger partial charge in [0.2, 0.25) is 0 Å². The van der Waals surface area contributed by atoms with Crippen molar-refractivity contribution < 1.29 is 214 Å². The van der Waals surface area contributed by atoms with Crippen LogP contribution in [0.3, 0.4) is 0 Å². The van der Waals surface area contributed by atoms with Crippen molar-refractivity contribution >= 4 is 59.6 Å². The van der Waals surface area contributed by atoms with Gasteiger partial charge in [-0.1, -0.05) is 12.1 Å². The number of esters is 8. The van der Waals surface area contributed by atoms with Crippen LogP contribution in [0.25, 0.3) is 0 Å². The van der Waals surface area contributed by atoms with Gasteiger partial charge in [-0.25, -0.2) is 0 Å². The summed E-state index contributed by atoms with van der Waals surface area (Å²) in [6, 6.07) is 5.99. The predicted octanol–water partition coefficient (Wildman–Crippen LogP) is -1.90. The van der Waals surface area contributed by atoms with Crippen LogP contribution in [0, 0.1) is 0 Å². The molecule has 0 aliphatic carbocycles. The summed E-state index contributed by atoms with van der Waals surface area (Å²) in [6.45, 7) is 4.99. The SMILES string of the molecule is COCC1O[C@@H](O[C@H]2C(OC)C(OC)[C@@H](O[C@H]3C(OC)C(OC)[C@@H](O[C@H]4C(COC(C)=O)OC(O)C(OC)[C@H]4OC)O[C@@H]3COC)O[C@@H]2COC)C(OC)[C@@H](OC)[C@H]1O[C@@H]1OC(CN2C(=O)c3ccccc3C2=O)[C@H](O[C@H]2OC(COC(C)=O)[C@@H](O[C@H]3OC(COC(C)=O)[C@@H](OC(C)=O)C(OC(C)=O)C3OC(C)=O)C(OC(C)=O)C2OC(C)=O)[C@H](OC)C1OC. The van der Waals surface area contributed by atoms with Crippen LogP contribution >= 0.6 is 0 Å². The fourth-order valence-electron chi connectivity index (χ4n) is 16.6. The summed E-state index contributed by atoms with van der Waals surface area (Å²) in [5.74, 6) is -9.09. The molecule has 0 radical (unpaired) electrons. The number of carbonyl (C=O) groups excluding carboxylic acids is 10. The Morgan fingerprint density at radius 1 is 0.272 bits per heavy atom. The lowest BCUT2D eigenvalue weighted by Crippen LogP contribution is -2.70. The van der Waals surface area contributed by atoms with Crippen LogP contribution in [0.5, 0.6) is 0 Å². The number of aliphatic hydroxyl groups excluding tert-OH is 1. The Kier molecular flexibility index (Phi) is 38.7. The van der Waals surface area contributed by atoms with Gasteiger partial charge in [-0.3, -0.25) is 52.8 Å². The molecule has 35 atom stereocenters. The van der Waals surface area contributed by atoms with E-state index in [1.54, 1.807) is 12.1 Å². The van der Waals surface area contributed by atoms with Gasteiger partial charge in [0, 0.05) is 148 Å². The Morgan fingerprint density at radius 2 is 0.496 bits per heavy atom. The molecule has 8 aliphatic heterocycles. The number of methoxy groups -OCH3 is 13. The highest BCUT2D eigenvalue weighted by Gasteiger charge is 2.63. The van der Waals surface area contributed by atoms with Crippen molar-refractivity contribution in [3.05, 3.63) is 35.4 Å². The first kappa shape index (κ1) is 102. The van der Waals surface area contributed by atoms with E-state index in [1.807, 2.05) is 0 Å². The smallest absolute Gasteiger partial charge is 0.303 e. The summed E-state index contributed by atoms with van der Waals surface area (Å²) in [4.78, 5) is 133. The van der Waals surface area contributed by atoms with Crippen molar-refractivity contribution in [2.45, 2.75) is 270 Å². The largest absolute Gasteiger partial charge is 0.463 e. The fourth-order valence-corrected chi connectivity index (χ4v) is 16.6. The predicted molar refractivity (Wildman–Crippen MR) is 405 cm³/mol. The lowest BCUT2D eigenvalue weighted by molar-refractivity contribution is -0.402. The second kappa shape index (κ2) is 47.6. The first-order valence-electron chi connectivity index (χ1n) is 39.9. The van der Waals surface area contributed by atoms with Crippen LogP contribution in [-0.2, 0) is 199 Å². The van der Waals surface area contributed by atoms with Crippen molar-refractivity contribution in [2.75, 3.05) is 139 Å². The number of carbonyl (C=O) groups is 10. The minimum Gasteiger partial charge on any atom is -0.463 e. The molecule has 7 saturated heterocycles. The average molecular weight is 1800 g/mol. The minimum atomic E-state index is -2.07. The first-order valence-corrected chi connectivity index (χ1v) is 39.9. The van der Waals surface area contributed by atoms with Gasteiger partial charge in [0.05, 0.1) is 37.5 Å². The topological polar surface area (TPSA) is 508 Å². The van der Waals surface area contributed by atoms with E-state index in [4.69, 9.17) is 161 Å². The summed E-state index contributed by atoms with van der Waals surface area (Å²) in [6.07, 6.45) is -51.1. The maximum Gasteiger partial charge on any atom is 0.303 e. The zero-order valence-electron chi connectivity index (χ0n) is 73.3. The lowest BCUT2D eigenvalue weighted by atomic mass is 9.94. The van der Waals surface area contributed by atoms with Crippen molar-refractivity contribution in [1.82, 2.24) is 4.90 Å². The second-order valence-corrected chi connectivity index (χ2v) is 29.8. The second-order valence-electron chi connectivity index (χ2n) is 29.8. The van der Waals surface area contributed by atoms with E-state index in [0.717, 1.165) is 53.4 Å². The average Bonchev–Trinajstić information content (AvgIpc) is 1.64. The summed E-state index contributed by atoms with van der Waals surface area (Å²) in [5.41, 5.74) is 0.0393. The van der Waals surface area contributed by atoms with Gasteiger partial charge in [-0.2, -0.15) is 0 Å². The zero-order chi connectivity index (χ0) is 91.5. The third-order valence-corrected chi connectivity index (χ3v) is 21.7. The summed E-state index contributed by atoms with van der Waals surface area (Å²) >= 11 is 0. The molecular weight excluding hydrogens is 1680 g/mol. The number of hydrogen-bond acceptors (Lipinski definition) is 45. The molecule has 1 aromatic rings. The molecule has 17 unspecified atom stereocenters. The maximum absolute atomic E-state index is 14.6. The van der Waals surface area contributed by atoms with Crippen molar-refractivity contribution in [2.24, 2.45) is 0 Å². The van der Waals surface area contributed by atoms with E-state index in [0.29, 0.717) is 0 Å². The Labute approximate surface area is 720 Å². The maximum atomic E-state index is 14.6. The number of ether oxygens (including phenoxy) is 34. The van der Waals surface area contributed by atoms with Crippen molar-refractivity contribution in [1.29, 1.82) is 0 Å². The van der Waals surface area contributed by atoms with Crippen LogP contribution < -0.4 is 0 Å². The molecule has 7 fully saturated rings. The number of hydrogen-bond donors (Lipinski definition) is 1. The molecule has 46 heteroatoms. The van der Waals surface area contributed by atoms with E-state index >= 15 is 0 Å². The van der Waals surface area contributed by atoms with Gasteiger partial charge in [0.25, 0.3) is 11.8 Å². The normalized spacial score (nSPS) is 37.8. The number of imide groups is 1. The molecule has 9 rings (SSSR count). The van der Waals surface area contributed by atoms with Crippen molar-refractivity contribution in [3.8, 4) is 0 Å². The van der Waals surface area contributed by atoms with Crippen LogP contribution in [0.2, 0.25) is 0 Å². The summed E-state index contributed by atoms with van der Waals surface area (Å²) in [5, 5.41) is 11.0. The number of aliphatic hydroxyl groups is 1. The minimum absolute atomic E-state index is 0.0197. The van der Waals surface area contributed by atoms with Gasteiger partial charge >= 0.3 is 47.8 Å². The van der Waals surface area contributed by atoms with Gasteiger partial charge in [0.1, 0.15) is 160 Å². The molecule has 0 aromatic heterocycles. The first-order chi connectivity index (χ1) is 59.7. The van der Waals surface area contributed by atoms with E-state index in [-0.39, 0.29) is 37.6 Å². The Balaban J connectivity index is 1.03. The third kappa shape index (κ3) is 24.4. The van der Waals surface area contributed by atoms with E-state index in [9.17, 15) is 53.1 Å². The number of fused-ring (bicyclic) bond motifs is 1.